The maximum Gasteiger partial charge on any atom is 0.126 e. The fourth-order valence-electron chi connectivity index (χ4n) is 0. The van der Waals surface area contributed by atoms with E-state index in [0.29, 0.717) is 0 Å². The van der Waals surface area contributed by atoms with Crippen molar-refractivity contribution in [1.82, 2.24) is 0 Å². The molecule has 12 heavy (non-hydrogen) atoms. The lowest BCUT2D eigenvalue weighted by atomic mass is 10.5. The molecule has 0 heterocycles. The van der Waals surface area contributed by atoms with E-state index in [0.717, 1.165) is 0 Å². The highest BCUT2D eigenvalue weighted by Crippen LogP contribution is 1.65. The summed E-state index contributed by atoms with van der Waals surface area (Å²) in [5.41, 5.74) is 0. The third kappa shape index (κ3) is 2310. The Kier molecular flexibility index (Phi) is 24.7. The van der Waals surface area contributed by atoms with E-state index in [1.54, 1.807) is 13.8 Å². The number of Topliss-reactive ketones (excluding diaryl/α,β-unsaturated/α-hetero) is 1. The van der Waals surface area contributed by atoms with Gasteiger partial charge in [-0.3, -0.25) is 0 Å². The Morgan fingerprint density at radius 3 is 1.25 bits per heavy atom. The zero-order chi connectivity index (χ0) is 10.6. The van der Waals surface area contributed by atoms with Crippen LogP contribution in [0.5, 0.6) is 0 Å². The molecule has 0 aliphatic rings. The first-order valence-corrected chi connectivity index (χ1v) is 3.75. The van der Waals surface area contributed by atoms with Crippen molar-refractivity contribution in [3.05, 3.63) is 0 Å². The minimum absolute atomic E-state index is 0.125. The van der Waals surface area contributed by atoms with E-state index in [4.69, 9.17) is 15.3 Å². The fraction of sp³-hybridized carbons (Fsp3) is 0.875. The molecule has 0 rings (SSSR count). The van der Waals surface area contributed by atoms with Gasteiger partial charge < -0.3 is 20.1 Å². The van der Waals surface area contributed by atoms with E-state index in [-0.39, 0.29) is 25.1 Å². The van der Waals surface area contributed by atoms with Gasteiger partial charge >= 0.3 is 0 Å². The van der Waals surface area contributed by atoms with E-state index in [1.807, 2.05) is 0 Å². The second-order valence-electron chi connectivity index (χ2n) is 2.45. The van der Waals surface area contributed by atoms with E-state index in [2.05, 4.69) is 0 Å². The molecule has 0 aromatic rings. The zero-order valence-electron chi connectivity index (χ0n) is 8.24. The van der Waals surface area contributed by atoms with Gasteiger partial charge in [-0.15, -0.1) is 0 Å². The predicted octanol–water partition coefficient (Wildman–Crippen LogP) is -0.0466. The summed E-state index contributed by atoms with van der Waals surface area (Å²) in [5.74, 6) is 0.167. The first-order chi connectivity index (χ1) is 5.38. The summed E-state index contributed by atoms with van der Waals surface area (Å²) in [5, 5.41) is 23.3. The first-order valence-electron chi connectivity index (χ1n) is 3.75. The molecule has 0 unspecified atom stereocenters. The molecule has 0 aliphatic heterocycles. The number of aliphatic hydroxyl groups excluding tert-OH is 3. The smallest absolute Gasteiger partial charge is 0.126 e. The number of ketones is 1. The fourth-order valence-corrected chi connectivity index (χ4v) is 0. The Hall–Kier alpha value is -0.450. The molecular weight excluding hydrogens is 160 g/mol. The minimum Gasteiger partial charge on any atom is -0.394 e. The summed E-state index contributed by atoms with van der Waals surface area (Å²) in [6.07, 6.45) is -0.167. The van der Waals surface area contributed by atoms with Gasteiger partial charge in [0, 0.05) is 6.10 Å². The number of carbonyl (C=O) groups excluding carboxylic acids is 1. The van der Waals surface area contributed by atoms with Crippen LogP contribution in [0.4, 0.5) is 0 Å². The van der Waals surface area contributed by atoms with Gasteiger partial charge in [0.2, 0.25) is 0 Å². The normalized spacial score (nSPS) is 7.67. The third-order valence-electron chi connectivity index (χ3n) is 0.1000. The number of hydrogen-bond donors (Lipinski definition) is 3. The van der Waals surface area contributed by atoms with E-state index >= 15 is 0 Å². The predicted molar refractivity (Wildman–Crippen MR) is 47.9 cm³/mol. The highest BCUT2D eigenvalue weighted by molar-refractivity contribution is 5.72. The Morgan fingerprint density at radius 2 is 1.25 bits per heavy atom. The lowest BCUT2D eigenvalue weighted by Crippen LogP contribution is -1.85. The number of aliphatic hydroxyl groups is 3. The minimum atomic E-state index is -0.167. The molecule has 0 saturated heterocycles. The quantitative estimate of drug-likeness (QED) is 0.529. The van der Waals surface area contributed by atoms with Crippen LogP contribution in [0.25, 0.3) is 0 Å². The van der Waals surface area contributed by atoms with Gasteiger partial charge in [-0.2, -0.15) is 0 Å². The average molecular weight is 180 g/mol. The summed E-state index contributed by atoms with van der Waals surface area (Å²) in [7, 11) is 0. The van der Waals surface area contributed by atoms with Gasteiger partial charge in [-0.1, -0.05) is 0 Å². The van der Waals surface area contributed by atoms with Gasteiger partial charge in [0.15, 0.2) is 0 Å². The topological polar surface area (TPSA) is 77.8 Å². The molecule has 0 atom stereocenters. The van der Waals surface area contributed by atoms with Gasteiger partial charge in [0.05, 0.1) is 13.2 Å². The molecule has 3 N–H and O–H groups in total. The standard InChI is InChI=1S/C3H8O.C3H6O.C2H6O2/c2*1-3(2)4;3-1-2-4/h3-4H,1-2H3;1-2H3;3-4H,1-2H2. The molecule has 0 saturated carbocycles. The summed E-state index contributed by atoms with van der Waals surface area (Å²) in [6.45, 7) is 6.25. The van der Waals surface area contributed by atoms with Crippen molar-refractivity contribution >= 4 is 5.78 Å². The zero-order valence-corrected chi connectivity index (χ0v) is 8.24. The average Bonchev–Trinajstić information content (AvgIpc) is 1.85. The summed E-state index contributed by atoms with van der Waals surface area (Å²) in [6, 6.07) is 0. The summed E-state index contributed by atoms with van der Waals surface area (Å²) >= 11 is 0. The van der Waals surface area contributed by atoms with Crippen molar-refractivity contribution in [2.45, 2.75) is 33.8 Å². The van der Waals surface area contributed by atoms with Gasteiger partial charge in [-0.05, 0) is 27.7 Å². The van der Waals surface area contributed by atoms with Crippen molar-refractivity contribution < 1.29 is 20.1 Å². The van der Waals surface area contributed by atoms with Crippen LogP contribution < -0.4 is 0 Å². The maximum absolute atomic E-state index is 9.44. The summed E-state index contributed by atoms with van der Waals surface area (Å²) in [4.78, 5) is 9.44. The Labute approximate surface area is 73.8 Å². The van der Waals surface area contributed by atoms with Crippen LogP contribution >= 0.6 is 0 Å². The van der Waals surface area contributed by atoms with Crippen LogP contribution in [-0.2, 0) is 4.79 Å². The van der Waals surface area contributed by atoms with Crippen LogP contribution in [0, 0.1) is 0 Å². The SMILES string of the molecule is CC(C)=O.CC(C)O.OCCO. The van der Waals surface area contributed by atoms with E-state index in [1.165, 1.54) is 13.8 Å². The van der Waals surface area contributed by atoms with Crippen LogP contribution in [0.2, 0.25) is 0 Å². The van der Waals surface area contributed by atoms with E-state index < -0.39 is 0 Å². The lowest BCUT2D eigenvalue weighted by molar-refractivity contribution is -0.114. The lowest BCUT2D eigenvalue weighted by Gasteiger charge is -1.80. The van der Waals surface area contributed by atoms with Gasteiger partial charge in [0.1, 0.15) is 5.78 Å². The Bertz CT molecular complexity index is 72.4. The van der Waals surface area contributed by atoms with Crippen LogP contribution in [0.1, 0.15) is 27.7 Å². The molecule has 76 valence electrons. The van der Waals surface area contributed by atoms with Gasteiger partial charge in [-0.25, -0.2) is 0 Å². The second kappa shape index (κ2) is 16.9. The molecule has 0 fully saturated rings. The highest BCUT2D eigenvalue weighted by atomic mass is 16.3. The summed E-state index contributed by atoms with van der Waals surface area (Å²) < 4.78 is 0. The van der Waals surface area contributed by atoms with Crippen LogP contribution in [0.15, 0.2) is 0 Å². The van der Waals surface area contributed by atoms with Crippen molar-refractivity contribution in [1.29, 1.82) is 0 Å². The molecule has 0 aliphatic carbocycles. The Morgan fingerprint density at radius 1 is 1.17 bits per heavy atom. The first kappa shape index (κ1) is 17.6. The van der Waals surface area contributed by atoms with Crippen molar-refractivity contribution in [3.8, 4) is 0 Å². The monoisotopic (exact) mass is 180 g/mol. The maximum atomic E-state index is 9.44. The molecule has 0 radical (unpaired) electrons. The molecule has 0 amide bonds. The number of carbonyl (C=O) groups is 1. The van der Waals surface area contributed by atoms with Crippen molar-refractivity contribution in [3.63, 3.8) is 0 Å². The molecule has 4 nitrogen and oxygen atoms in total. The largest absolute Gasteiger partial charge is 0.394 e. The van der Waals surface area contributed by atoms with E-state index in [9.17, 15) is 4.79 Å². The van der Waals surface area contributed by atoms with Crippen molar-refractivity contribution in [2.24, 2.45) is 0 Å². The molecule has 0 spiro atoms. The van der Waals surface area contributed by atoms with Crippen LogP contribution in [0.3, 0.4) is 0 Å². The van der Waals surface area contributed by atoms with Crippen LogP contribution in [-0.4, -0.2) is 40.4 Å². The third-order valence-corrected chi connectivity index (χ3v) is 0.1000. The molecular formula is C8H20O4. The number of rotatable bonds is 1. The number of hydrogen-bond acceptors (Lipinski definition) is 4. The molecule has 0 bridgehead atoms. The van der Waals surface area contributed by atoms with Crippen molar-refractivity contribution in [2.75, 3.05) is 13.2 Å². The molecule has 4 heteroatoms. The second-order valence-corrected chi connectivity index (χ2v) is 2.45. The molecule has 0 aromatic carbocycles. The Balaban J connectivity index is -0.000000101. The highest BCUT2D eigenvalue weighted by Gasteiger charge is 1.69. The van der Waals surface area contributed by atoms with Gasteiger partial charge in [0.25, 0.3) is 0 Å². The molecule has 0 aromatic heterocycles.